The zero-order valence-electron chi connectivity index (χ0n) is 23.2. The molecule has 44 heavy (non-hydrogen) atoms. The third-order valence-electron chi connectivity index (χ3n) is 6.23. The van der Waals surface area contributed by atoms with Crippen LogP contribution >= 0.6 is 23.4 Å². The van der Waals surface area contributed by atoms with E-state index >= 15 is 0 Å². The third kappa shape index (κ3) is 8.21. The van der Waals surface area contributed by atoms with E-state index in [0.29, 0.717) is 33.4 Å². The van der Waals surface area contributed by atoms with Gasteiger partial charge in [0.1, 0.15) is 11.5 Å². The fourth-order valence-corrected chi connectivity index (χ4v) is 5.05. The Labute approximate surface area is 263 Å². The predicted octanol–water partition coefficient (Wildman–Crippen LogP) is 5.71. The van der Waals surface area contributed by atoms with Gasteiger partial charge in [-0.05, 0) is 72.3 Å². The highest BCUT2D eigenvalue weighted by Gasteiger charge is 2.26. The molecule has 0 bridgehead atoms. The maximum atomic E-state index is 13.2. The molecule has 0 radical (unpaired) electrons. The summed E-state index contributed by atoms with van der Waals surface area (Å²) in [6.45, 7) is 0. The number of amides is 4. The fourth-order valence-electron chi connectivity index (χ4n) is 4.15. The molecule has 0 fully saturated rings. The number of hydrazone groups is 1. The highest BCUT2D eigenvalue weighted by atomic mass is 35.5. The summed E-state index contributed by atoms with van der Waals surface area (Å²) >= 11 is 7.40. The topological polar surface area (TPSA) is 120 Å². The Morgan fingerprint density at radius 2 is 1.57 bits per heavy atom. The minimum absolute atomic E-state index is 0.0131. The Kier molecular flexibility index (Phi) is 9.85. The third-order valence-corrected chi connectivity index (χ3v) is 7.48. The molecule has 0 unspecified atom stereocenters. The van der Waals surface area contributed by atoms with Crippen molar-refractivity contribution in [1.82, 2.24) is 10.6 Å². The van der Waals surface area contributed by atoms with Gasteiger partial charge in [-0.15, -0.1) is 11.8 Å². The van der Waals surface area contributed by atoms with Crippen molar-refractivity contribution in [3.8, 4) is 0 Å². The van der Waals surface area contributed by atoms with Gasteiger partial charge in [0, 0.05) is 21.2 Å². The van der Waals surface area contributed by atoms with Crippen LogP contribution in [0.4, 0.5) is 11.4 Å². The van der Waals surface area contributed by atoms with Crippen molar-refractivity contribution in [3.05, 3.63) is 131 Å². The highest BCUT2D eigenvalue weighted by Crippen LogP contribution is 2.22. The van der Waals surface area contributed by atoms with Crippen LogP contribution in [0.15, 0.2) is 125 Å². The van der Waals surface area contributed by atoms with Gasteiger partial charge in [0.15, 0.2) is 0 Å². The van der Waals surface area contributed by atoms with Gasteiger partial charge in [-0.3, -0.25) is 19.2 Å². The SMILES string of the molecule is O=C(CSc1ccc(NC(=O)/C(=C/c2cccc(Cl)c2)NC(=O)c2ccccc2)cc1)NC1=NN(c2ccccc2)C(=O)C1. The van der Waals surface area contributed by atoms with Crippen LogP contribution in [-0.2, 0) is 14.4 Å². The monoisotopic (exact) mass is 623 g/mol. The lowest BCUT2D eigenvalue weighted by Crippen LogP contribution is -2.31. The second kappa shape index (κ2) is 14.3. The van der Waals surface area contributed by atoms with Crippen LogP contribution in [0.5, 0.6) is 0 Å². The summed E-state index contributed by atoms with van der Waals surface area (Å²) in [5.74, 6) is -1.07. The molecule has 9 nitrogen and oxygen atoms in total. The van der Waals surface area contributed by atoms with Gasteiger partial charge in [-0.1, -0.05) is 60.1 Å². The molecular formula is C33H26ClN5O4S. The summed E-state index contributed by atoms with van der Waals surface area (Å²) in [6, 6.07) is 31.4. The quantitative estimate of drug-likeness (QED) is 0.163. The minimum Gasteiger partial charge on any atom is -0.321 e. The van der Waals surface area contributed by atoms with E-state index in [4.69, 9.17) is 11.6 Å². The number of thioether (sulfide) groups is 1. The molecule has 4 aromatic rings. The van der Waals surface area contributed by atoms with Crippen molar-refractivity contribution in [2.45, 2.75) is 11.3 Å². The molecule has 5 rings (SSSR count). The van der Waals surface area contributed by atoms with Gasteiger partial charge < -0.3 is 16.0 Å². The zero-order valence-corrected chi connectivity index (χ0v) is 24.8. The largest absolute Gasteiger partial charge is 0.321 e. The summed E-state index contributed by atoms with van der Waals surface area (Å²) in [6.07, 6.45) is 1.56. The molecule has 4 amide bonds. The Bertz CT molecular complexity index is 1750. The number of rotatable bonds is 9. The zero-order chi connectivity index (χ0) is 30.9. The molecule has 0 aliphatic carbocycles. The predicted molar refractivity (Wildman–Crippen MR) is 173 cm³/mol. The van der Waals surface area contributed by atoms with Crippen LogP contribution in [-0.4, -0.2) is 35.2 Å². The van der Waals surface area contributed by atoms with E-state index in [1.165, 1.54) is 16.8 Å². The number of halogens is 1. The summed E-state index contributed by atoms with van der Waals surface area (Å²) < 4.78 is 0. The molecule has 1 aliphatic heterocycles. The number of nitrogens with one attached hydrogen (secondary N) is 3. The summed E-state index contributed by atoms with van der Waals surface area (Å²) in [4.78, 5) is 51.7. The van der Waals surface area contributed by atoms with E-state index in [1.54, 1.807) is 97.1 Å². The number of anilines is 2. The van der Waals surface area contributed by atoms with Crippen molar-refractivity contribution >= 4 is 70.3 Å². The van der Waals surface area contributed by atoms with Gasteiger partial charge in [-0.2, -0.15) is 10.1 Å². The highest BCUT2D eigenvalue weighted by molar-refractivity contribution is 8.00. The first-order chi connectivity index (χ1) is 21.3. The molecule has 0 atom stereocenters. The van der Waals surface area contributed by atoms with Crippen LogP contribution in [0.3, 0.4) is 0 Å². The summed E-state index contributed by atoms with van der Waals surface area (Å²) in [5, 5.41) is 14.2. The standard InChI is InChI=1S/C33H26ClN5O4S/c34-24-11-7-8-22(18-24)19-28(36-32(42)23-9-3-1-4-10-23)33(43)35-25-14-16-27(17-15-25)44-21-30(40)37-29-20-31(41)39(38-29)26-12-5-2-6-13-26/h1-19H,20-21H2,(H,35,43)(H,36,42)(H,37,38,40)/b28-19-. The van der Waals surface area contributed by atoms with Crippen LogP contribution in [0, 0.1) is 0 Å². The Morgan fingerprint density at radius 1 is 0.864 bits per heavy atom. The van der Waals surface area contributed by atoms with Gasteiger partial charge >= 0.3 is 0 Å². The smallest absolute Gasteiger partial charge is 0.272 e. The summed E-state index contributed by atoms with van der Waals surface area (Å²) in [5.41, 5.74) is 2.21. The number of benzene rings is 4. The molecule has 1 heterocycles. The van der Waals surface area contributed by atoms with E-state index in [9.17, 15) is 19.2 Å². The lowest BCUT2D eigenvalue weighted by molar-refractivity contribution is -0.117. The fraction of sp³-hybridized carbons (Fsp3) is 0.0606. The molecule has 1 aliphatic rings. The molecular weight excluding hydrogens is 598 g/mol. The van der Waals surface area contributed by atoms with Crippen LogP contribution < -0.4 is 21.0 Å². The number of hydrogen-bond donors (Lipinski definition) is 3. The average Bonchev–Trinajstić information content (AvgIpc) is 3.40. The van der Waals surface area contributed by atoms with Gasteiger partial charge in [-0.25, -0.2) is 0 Å². The van der Waals surface area contributed by atoms with E-state index in [2.05, 4.69) is 21.1 Å². The second-order valence-corrected chi connectivity index (χ2v) is 11.0. The first-order valence-corrected chi connectivity index (χ1v) is 14.8. The van der Waals surface area contributed by atoms with Gasteiger partial charge in [0.2, 0.25) is 5.91 Å². The van der Waals surface area contributed by atoms with Crippen molar-refractivity contribution in [2.75, 3.05) is 16.1 Å². The molecule has 4 aromatic carbocycles. The van der Waals surface area contributed by atoms with Crippen LogP contribution in [0.25, 0.3) is 6.08 Å². The molecule has 220 valence electrons. The van der Waals surface area contributed by atoms with Crippen molar-refractivity contribution in [3.63, 3.8) is 0 Å². The maximum Gasteiger partial charge on any atom is 0.272 e. The number of carbonyl (C=O) groups excluding carboxylic acids is 4. The molecule has 11 heteroatoms. The van der Waals surface area contributed by atoms with Crippen molar-refractivity contribution in [1.29, 1.82) is 0 Å². The Balaban J connectivity index is 1.18. The van der Waals surface area contributed by atoms with Gasteiger partial charge in [0.25, 0.3) is 17.7 Å². The lowest BCUT2D eigenvalue weighted by atomic mass is 10.1. The molecule has 0 saturated carbocycles. The number of nitrogens with zero attached hydrogens (tertiary/aromatic N) is 2. The van der Waals surface area contributed by atoms with Crippen LogP contribution in [0.1, 0.15) is 22.3 Å². The number of carbonyl (C=O) groups is 4. The number of para-hydroxylation sites is 1. The lowest BCUT2D eigenvalue weighted by Gasteiger charge is -2.12. The van der Waals surface area contributed by atoms with Crippen LogP contribution in [0.2, 0.25) is 5.02 Å². The molecule has 0 aromatic heterocycles. The number of hydrogen-bond acceptors (Lipinski definition) is 6. The Morgan fingerprint density at radius 3 is 2.27 bits per heavy atom. The first kappa shape index (κ1) is 30.3. The normalized spacial score (nSPS) is 12.8. The second-order valence-electron chi connectivity index (χ2n) is 9.51. The van der Waals surface area contributed by atoms with Gasteiger partial charge in [0.05, 0.1) is 17.9 Å². The maximum absolute atomic E-state index is 13.2. The minimum atomic E-state index is -0.523. The molecule has 0 saturated heterocycles. The van der Waals surface area contributed by atoms with E-state index in [1.807, 2.05) is 18.2 Å². The average molecular weight is 624 g/mol. The van der Waals surface area contributed by atoms with Crippen molar-refractivity contribution < 1.29 is 19.2 Å². The molecule has 3 N–H and O–H groups in total. The summed E-state index contributed by atoms with van der Waals surface area (Å²) in [7, 11) is 0. The molecule has 0 spiro atoms. The van der Waals surface area contributed by atoms with E-state index in [-0.39, 0.29) is 29.7 Å². The number of amidine groups is 1. The van der Waals surface area contributed by atoms with E-state index < -0.39 is 11.8 Å². The van der Waals surface area contributed by atoms with Crippen molar-refractivity contribution in [2.24, 2.45) is 5.10 Å². The Hall–Kier alpha value is -5.19. The van der Waals surface area contributed by atoms with E-state index in [0.717, 1.165) is 4.90 Å². The first-order valence-electron chi connectivity index (χ1n) is 13.5.